The van der Waals surface area contributed by atoms with Crippen LogP contribution in [0.25, 0.3) is 0 Å². The van der Waals surface area contributed by atoms with Crippen molar-refractivity contribution in [2.75, 3.05) is 31.1 Å². The third kappa shape index (κ3) is 43.1. The van der Waals surface area contributed by atoms with Gasteiger partial charge < -0.3 is 27.3 Å². The Bertz CT molecular complexity index is 462. The second-order valence-corrected chi connectivity index (χ2v) is 18.9. The van der Waals surface area contributed by atoms with Crippen LogP contribution in [0.4, 0.5) is 0 Å². The summed E-state index contributed by atoms with van der Waals surface area (Å²) < 4.78 is 21.4. The normalized spacial score (nSPS) is 10.7. The summed E-state index contributed by atoms with van der Waals surface area (Å²) in [7, 11) is -7.85. The highest BCUT2D eigenvalue weighted by molar-refractivity contribution is 8.00. The third-order valence-corrected chi connectivity index (χ3v) is 12.5. The number of thioether (sulfide) groups is 1. The lowest BCUT2D eigenvalue weighted by Gasteiger charge is -2.34. The molecule has 0 fully saturated rings. The lowest BCUT2D eigenvalue weighted by atomic mass is 10.7. The Balaban J connectivity index is -0.000000227. The van der Waals surface area contributed by atoms with E-state index in [1.54, 1.807) is 6.08 Å². The first-order chi connectivity index (χ1) is 14.7. The summed E-state index contributed by atoms with van der Waals surface area (Å²) in [6, 6.07) is 0. The largest absolute Gasteiger partial charge is 0.497 e. The van der Waals surface area contributed by atoms with E-state index in [2.05, 4.69) is 26.2 Å². The van der Waals surface area contributed by atoms with Gasteiger partial charge in [-0.05, 0) is 46.6 Å². The van der Waals surface area contributed by atoms with Gasteiger partial charge in [0.1, 0.15) is 0 Å². The lowest BCUT2D eigenvalue weighted by molar-refractivity contribution is -0.122. The molecule has 0 heterocycles. The molecular formula is C18H40O10SSi3. The molecule has 32 heavy (non-hydrogen) atoms. The Labute approximate surface area is 199 Å². The van der Waals surface area contributed by atoms with Crippen molar-refractivity contribution < 1.29 is 46.5 Å². The highest BCUT2D eigenvalue weighted by Gasteiger charge is 2.43. The smallest absolute Gasteiger partial charge is 0.437 e. The average molecular weight is 533 g/mol. The summed E-state index contributed by atoms with van der Waals surface area (Å²) in [6.07, 6.45) is 2.52. The molecule has 14 heteroatoms. The zero-order valence-electron chi connectivity index (χ0n) is 20.2. The first kappa shape index (κ1) is 38.4. The van der Waals surface area contributed by atoms with Crippen LogP contribution >= 0.6 is 11.8 Å². The van der Waals surface area contributed by atoms with Gasteiger partial charge in [0.25, 0.3) is 0 Å². The Morgan fingerprint density at radius 2 is 1.25 bits per heavy atom. The summed E-state index contributed by atoms with van der Waals surface area (Å²) in [5.41, 5.74) is 0. The van der Waals surface area contributed by atoms with E-state index in [0.717, 1.165) is 6.61 Å². The maximum Gasteiger partial charge on any atom is 0.497 e. The van der Waals surface area contributed by atoms with Crippen molar-refractivity contribution in [1.29, 1.82) is 0 Å². The molecule has 0 aromatic carbocycles. The predicted molar refractivity (Wildman–Crippen MR) is 133 cm³/mol. The number of rotatable bonds is 14. The molecule has 0 aromatic rings. The number of hydrogen-bond donors (Lipinski definition) is 2. The van der Waals surface area contributed by atoms with Gasteiger partial charge in [-0.3, -0.25) is 19.2 Å². The first-order valence-electron chi connectivity index (χ1n) is 9.69. The van der Waals surface area contributed by atoms with Crippen molar-refractivity contribution in [1.82, 2.24) is 0 Å². The number of hydrogen-bond acceptors (Lipinski definition) is 11. The highest BCUT2D eigenvalue weighted by atomic mass is 32.2. The van der Waals surface area contributed by atoms with Gasteiger partial charge in [-0.2, -0.15) is 0 Å². The monoisotopic (exact) mass is 532 g/mol. The fraction of sp³-hybridized carbons (Fsp3) is 0.667. The number of carbonyl (C=O) groups excluding carboxylic acids is 4. The van der Waals surface area contributed by atoms with E-state index in [-0.39, 0.29) is 30.5 Å². The van der Waals surface area contributed by atoms with Crippen molar-refractivity contribution in [2.24, 2.45) is 0 Å². The van der Waals surface area contributed by atoms with Crippen LogP contribution in [0, 0.1) is 0 Å². The van der Waals surface area contributed by atoms with Gasteiger partial charge in [0.05, 0.1) is 17.9 Å². The van der Waals surface area contributed by atoms with Gasteiger partial charge in [-0.1, -0.05) is 6.08 Å². The molecule has 10 nitrogen and oxygen atoms in total. The zero-order chi connectivity index (χ0) is 26.1. The van der Waals surface area contributed by atoms with Crippen molar-refractivity contribution in [3.63, 3.8) is 0 Å². The van der Waals surface area contributed by atoms with Crippen LogP contribution < -0.4 is 0 Å². The molecule has 0 aliphatic heterocycles. The molecule has 0 rings (SSSR count). The van der Waals surface area contributed by atoms with Gasteiger partial charge in [0.15, 0.2) is 33.5 Å². The van der Waals surface area contributed by atoms with Crippen LogP contribution in [-0.4, -0.2) is 91.6 Å². The van der Waals surface area contributed by atoms with E-state index < -0.39 is 25.7 Å². The summed E-state index contributed by atoms with van der Waals surface area (Å²) in [5.74, 6) is 0.451. The molecule has 0 saturated carbocycles. The zero-order valence-corrected chi connectivity index (χ0v) is 24.0. The lowest BCUT2D eigenvalue weighted by Crippen LogP contribution is -2.56. The standard InChI is InChI=1S/C9H26O5SSi3.C5H10O.2C2H2O2/c1-7-12-8-15-9-18(10,11)14-17(5,6)13-16(2,3)4;1-3-5-6-4-2;2*3-1-2-4/h10-11H,7-9H2,1-6H3;3H,1,4-5H2,2H3;2*1-2H. The van der Waals surface area contributed by atoms with Crippen LogP contribution in [0.1, 0.15) is 13.8 Å². The Hall–Kier alpha value is -0.819. The maximum absolute atomic E-state index is 9.91. The molecule has 0 atom stereocenters. The molecule has 2 N–H and O–H groups in total. The molecule has 0 aliphatic carbocycles. The van der Waals surface area contributed by atoms with Crippen LogP contribution in [0.3, 0.4) is 0 Å². The van der Waals surface area contributed by atoms with E-state index in [9.17, 15) is 9.59 Å². The van der Waals surface area contributed by atoms with Gasteiger partial charge >= 0.3 is 17.4 Å². The van der Waals surface area contributed by atoms with E-state index >= 15 is 0 Å². The van der Waals surface area contributed by atoms with E-state index in [1.807, 2.05) is 26.9 Å². The Kier molecular flexibility index (Phi) is 29.8. The van der Waals surface area contributed by atoms with Gasteiger partial charge in [-0.25, -0.2) is 0 Å². The van der Waals surface area contributed by atoms with Crippen molar-refractivity contribution in [2.45, 2.75) is 46.6 Å². The summed E-state index contributed by atoms with van der Waals surface area (Å²) in [5, 5.41) is 0.179. The minimum Gasteiger partial charge on any atom is -0.437 e. The minimum absolute atomic E-state index is 0.179. The fourth-order valence-corrected chi connectivity index (χ4v) is 13.7. The van der Waals surface area contributed by atoms with E-state index in [1.165, 1.54) is 11.8 Å². The minimum atomic E-state index is -3.65. The Morgan fingerprint density at radius 1 is 0.812 bits per heavy atom. The summed E-state index contributed by atoms with van der Waals surface area (Å²) >= 11 is 1.34. The van der Waals surface area contributed by atoms with Crippen LogP contribution in [0.15, 0.2) is 12.7 Å². The average Bonchev–Trinajstić information content (AvgIpc) is 2.67. The van der Waals surface area contributed by atoms with Crippen LogP contribution in [0.5, 0.6) is 0 Å². The van der Waals surface area contributed by atoms with Crippen molar-refractivity contribution in [3.05, 3.63) is 12.7 Å². The van der Waals surface area contributed by atoms with Gasteiger partial charge in [-0.15, -0.1) is 18.3 Å². The second-order valence-electron chi connectivity index (χ2n) is 6.91. The summed E-state index contributed by atoms with van der Waals surface area (Å²) in [4.78, 5) is 55.0. The molecule has 0 spiro atoms. The van der Waals surface area contributed by atoms with Crippen LogP contribution in [-0.2, 0) is 36.9 Å². The first-order valence-corrected chi connectivity index (χ1v) is 19.1. The SMILES string of the molecule is C=CCOCC.CCOCSC[Si](O)(O)O[Si](C)(C)O[Si](C)(C)C.O=CC=O.O=CC=O. The van der Waals surface area contributed by atoms with E-state index in [0.29, 0.717) is 19.2 Å². The topological polar surface area (TPSA) is 146 Å². The van der Waals surface area contributed by atoms with Crippen molar-refractivity contribution in [3.8, 4) is 0 Å². The number of aldehydes is 4. The molecule has 0 unspecified atom stereocenters. The fourth-order valence-electron chi connectivity index (χ4n) is 1.70. The van der Waals surface area contributed by atoms with E-state index in [4.69, 9.17) is 36.9 Å². The van der Waals surface area contributed by atoms with Gasteiger partial charge in [0, 0.05) is 13.2 Å². The van der Waals surface area contributed by atoms with Gasteiger partial charge in [0.2, 0.25) is 0 Å². The molecule has 0 bridgehead atoms. The predicted octanol–water partition coefficient (Wildman–Crippen LogP) is 1.72. The highest BCUT2D eigenvalue weighted by Crippen LogP contribution is 2.20. The summed E-state index contributed by atoms with van der Waals surface area (Å²) in [6.45, 7) is 19.3. The van der Waals surface area contributed by atoms with Crippen LogP contribution in [0.2, 0.25) is 32.7 Å². The molecule has 0 aliphatic rings. The maximum atomic E-state index is 9.91. The van der Waals surface area contributed by atoms with Crippen molar-refractivity contribution >= 4 is 62.6 Å². The number of carbonyl (C=O) groups is 4. The molecule has 0 amide bonds. The molecule has 0 saturated heterocycles. The second kappa shape index (κ2) is 24.8. The Morgan fingerprint density at radius 3 is 1.53 bits per heavy atom. The quantitative estimate of drug-likeness (QED) is 0.0842. The molecule has 0 aromatic heterocycles. The third-order valence-electron chi connectivity index (χ3n) is 2.17. The molecule has 190 valence electrons. The number of ether oxygens (including phenoxy) is 2. The molecule has 0 radical (unpaired) electrons. The molecular weight excluding hydrogens is 493 g/mol.